The number of benzene rings is 1. The quantitative estimate of drug-likeness (QED) is 0.176. The van der Waals surface area contributed by atoms with Crippen LogP contribution >= 0.6 is 35.8 Å². The highest BCUT2D eigenvalue weighted by atomic mass is 35.5. The number of thiol groups is 1. The molecule has 3 N–H and O–H groups in total. The molecule has 1 amide bonds. The maximum atomic E-state index is 12.3. The van der Waals surface area contributed by atoms with Crippen molar-refractivity contribution in [3.05, 3.63) is 27.7 Å². The van der Waals surface area contributed by atoms with Crippen LogP contribution in [-0.2, 0) is 4.79 Å². The Hall–Kier alpha value is -0.460. The first-order valence-corrected chi connectivity index (χ1v) is 12.4. The molecule has 1 rings (SSSR count). The minimum absolute atomic E-state index is 0.0877. The molecule has 0 heterocycles. The highest BCUT2D eigenvalue weighted by molar-refractivity contribution is 7.80. The Balaban J connectivity index is 2.41. The molecule has 1 atom stereocenters. The number of aliphatic hydroxyl groups excluding tert-OH is 1. The van der Waals surface area contributed by atoms with Crippen LogP contribution in [0, 0.1) is 0 Å². The van der Waals surface area contributed by atoms with Crippen molar-refractivity contribution in [1.82, 2.24) is 5.32 Å². The summed E-state index contributed by atoms with van der Waals surface area (Å²) in [5.41, 5.74) is 0.927. The van der Waals surface area contributed by atoms with Gasteiger partial charge in [0.2, 0.25) is 5.91 Å². The smallest absolute Gasteiger partial charge is 0.224 e. The maximum absolute atomic E-state index is 12.3. The largest absolute Gasteiger partial charge is 0.387 e. The molecule has 0 aliphatic rings. The van der Waals surface area contributed by atoms with E-state index < -0.39 is 6.10 Å². The van der Waals surface area contributed by atoms with Gasteiger partial charge in [-0.05, 0) is 57.1 Å². The van der Waals surface area contributed by atoms with E-state index in [1.807, 2.05) is 20.8 Å². The third kappa shape index (κ3) is 11.8. The number of halogens is 2. The lowest BCUT2D eigenvalue weighted by atomic mass is 10.1. The summed E-state index contributed by atoms with van der Waals surface area (Å²) in [6, 6.07) is 3.32. The van der Waals surface area contributed by atoms with E-state index in [1.54, 1.807) is 12.1 Å². The first kappa shape index (κ1) is 27.6. The Labute approximate surface area is 197 Å². The predicted octanol–water partition coefficient (Wildman–Crippen LogP) is 6.79. The normalized spacial score (nSPS) is 12.8. The lowest BCUT2D eigenvalue weighted by molar-refractivity contribution is -0.116. The fourth-order valence-corrected chi connectivity index (χ4v) is 3.91. The van der Waals surface area contributed by atoms with E-state index in [2.05, 4.69) is 23.3 Å². The van der Waals surface area contributed by atoms with Gasteiger partial charge in [0.1, 0.15) is 0 Å². The van der Waals surface area contributed by atoms with E-state index in [9.17, 15) is 9.90 Å². The number of nitrogens with one attached hydrogen (secondary N) is 2. The molecule has 0 saturated carbocycles. The van der Waals surface area contributed by atoms with E-state index in [-0.39, 0.29) is 11.4 Å². The van der Waals surface area contributed by atoms with Gasteiger partial charge in [0, 0.05) is 18.5 Å². The average molecular weight is 478 g/mol. The van der Waals surface area contributed by atoms with Gasteiger partial charge in [0.25, 0.3) is 0 Å². The molecule has 172 valence electrons. The number of unbranched alkanes of at least 4 members (excludes halogenated alkanes) is 7. The number of rotatable bonds is 14. The number of carbonyl (C=O) groups excluding carboxylic acids is 1. The summed E-state index contributed by atoms with van der Waals surface area (Å²) in [7, 11) is 0. The SMILES string of the molecule is CC(C)(C)NCC(O)c1cc(Cl)c(NC(=O)CCCCCCCCCCS)c(Cl)c1. The third-order valence-electron chi connectivity index (χ3n) is 4.85. The molecule has 1 aromatic rings. The van der Waals surface area contributed by atoms with Crippen molar-refractivity contribution in [1.29, 1.82) is 0 Å². The highest BCUT2D eigenvalue weighted by Gasteiger charge is 2.17. The average Bonchev–Trinajstić information content (AvgIpc) is 2.66. The van der Waals surface area contributed by atoms with Gasteiger partial charge in [0.15, 0.2) is 0 Å². The second-order valence-corrected chi connectivity index (χ2v) is 10.1. The zero-order chi connectivity index (χ0) is 22.6. The van der Waals surface area contributed by atoms with Crippen LogP contribution in [0.25, 0.3) is 0 Å². The Morgan fingerprint density at radius 3 is 2.00 bits per heavy atom. The van der Waals surface area contributed by atoms with E-state index in [4.69, 9.17) is 23.2 Å². The van der Waals surface area contributed by atoms with Crippen LogP contribution in [-0.4, -0.2) is 28.9 Å². The number of carbonyl (C=O) groups is 1. The third-order valence-corrected chi connectivity index (χ3v) is 5.76. The summed E-state index contributed by atoms with van der Waals surface area (Å²) in [6.07, 6.45) is 8.99. The number of hydrogen-bond donors (Lipinski definition) is 4. The van der Waals surface area contributed by atoms with Gasteiger partial charge in [-0.1, -0.05) is 61.7 Å². The molecule has 0 fully saturated rings. The molecule has 30 heavy (non-hydrogen) atoms. The fraction of sp³-hybridized carbons (Fsp3) is 0.696. The monoisotopic (exact) mass is 476 g/mol. The van der Waals surface area contributed by atoms with Crippen molar-refractivity contribution < 1.29 is 9.90 Å². The maximum Gasteiger partial charge on any atom is 0.224 e. The first-order chi connectivity index (χ1) is 14.1. The molecule has 1 unspecified atom stereocenters. The molecule has 0 radical (unpaired) electrons. The summed E-state index contributed by atoms with van der Waals surface area (Å²) in [5.74, 6) is 0.885. The van der Waals surface area contributed by atoms with Crippen LogP contribution in [0.15, 0.2) is 12.1 Å². The Kier molecular flexibility index (Phi) is 13.4. The van der Waals surface area contributed by atoms with Gasteiger partial charge >= 0.3 is 0 Å². The molecule has 0 spiro atoms. The number of aliphatic hydroxyl groups is 1. The van der Waals surface area contributed by atoms with Gasteiger partial charge in [-0.15, -0.1) is 0 Å². The second kappa shape index (κ2) is 14.6. The van der Waals surface area contributed by atoms with Crippen molar-refractivity contribution in [2.45, 2.75) is 90.2 Å². The topological polar surface area (TPSA) is 61.4 Å². The lowest BCUT2D eigenvalue weighted by Crippen LogP contribution is -2.38. The summed E-state index contributed by atoms with van der Waals surface area (Å²) in [6.45, 7) is 6.48. The van der Waals surface area contributed by atoms with E-state index >= 15 is 0 Å². The highest BCUT2D eigenvalue weighted by Crippen LogP contribution is 2.34. The van der Waals surface area contributed by atoms with Crippen molar-refractivity contribution in [2.75, 3.05) is 17.6 Å². The van der Waals surface area contributed by atoms with Crippen LogP contribution in [0.3, 0.4) is 0 Å². The number of anilines is 1. The van der Waals surface area contributed by atoms with Gasteiger partial charge in [-0.25, -0.2) is 0 Å². The zero-order valence-corrected chi connectivity index (χ0v) is 21.0. The van der Waals surface area contributed by atoms with E-state index in [1.165, 1.54) is 32.1 Å². The molecular weight excluding hydrogens is 439 g/mol. The van der Waals surface area contributed by atoms with E-state index in [0.717, 1.165) is 25.0 Å². The molecular formula is C23H38Cl2N2O2S. The number of amides is 1. The minimum atomic E-state index is -0.734. The van der Waals surface area contributed by atoms with Crippen molar-refractivity contribution >= 4 is 47.4 Å². The second-order valence-electron chi connectivity index (χ2n) is 8.86. The fourth-order valence-electron chi connectivity index (χ4n) is 3.09. The van der Waals surface area contributed by atoms with Gasteiger partial charge in [-0.2, -0.15) is 12.6 Å². The van der Waals surface area contributed by atoms with Crippen LogP contribution in [0.4, 0.5) is 5.69 Å². The summed E-state index contributed by atoms with van der Waals surface area (Å²) >= 11 is 16.9. The van der Waals surface area contributed by atoms with Crippen LogP contribution in [0.2, 0.25) is 10.0 Å². The molecule has 0 aliphatic heterocycles. The Bertz CT molecular complexity index is 628. The summed E-state index contributed by atoms with van der Waals surface area (Å²) < 4.78 is 0. The molecule has 0 aliphatic carbocycles. The molecule has 0 aromatic heterocycles. The number of hydrogen-bond acceptors (Lipinski definition) is 4. The van der Waals surface area contributed by atoms with Gasteiger partial charge < -0.3 is 15.7 Å². The van der Waals surface area contributed by atoms with Crippen molar-refractivity contribution in [2.24, 2.45) is 0 Å². The Morgan fingerprint density at radius 1 is 1.00 bits per heavy atom. The van der Waals surface area contributed by atoms with E-state index in [0.29, 0.717) is 34.3 Å². The van der Waals surface area contributed by atoms with Crippen LogP contribution in [0.1, 0.15) is 90.2 Å². The summed E-state index contributed by atoms with van der Waals surface area (Å²) in [4.78, 5) is 12.3. The molecule has 4 nitrogen and oxygen atoms in total. The molecule has 0 bridgehead atoms. The minimum Gasteiger partial charge on any atom is -0.387 e. The lowest BCUT2D eigenvalue weighted by Gasteiger charge is -2.23. The van der Waals surface area contributed by atoms with Crippen molar-refractivity contribution in [3.63, 3.8) is 0 Å². The standard InChI is InChI=1S/C23H38Cl2N2O2S/c1-23(2,3)26-16-20(28)17-14-18(24)22(19(25)15-17)27-21(29)12-10-8-6-4-5-7-9-11-13-30/h14-15,20,26,28,30H,4-13,16H2,1-3H3,(H,27,29). The zero-order valence-electron chi connectivity index (χ0n) is 18.6. The first-order valence-electron chi connectivity index (χ1n) is 11.0. The number of β-amino-alcohol motifs (C(OH)–C–C–N with tert-alkyl or cyclic N) is 1. The van der Waals surface area contributed by atoms with Crippen molar-refractivity contribution in [3.8, 4) is 0 Å². The van der Waals surface area contributed by atoms with Gasteiger partial charge in [-0.3, -0.25) is 4.79 Å². The molecule has 7 heteroatoms. The molecule has 0 saturated heterocycles. The van der Waals surface area contributed by atoms with Gasteiger partial charge in [0.05, 0.1) is 21.8 Å². The van der Waals surface area contributed by atoms with Crippen LogP contribution < -0.4 is 10.6 Å². The summed E-state index contributed by atoms with van der Waals surface area (Å²) in [5, 5.41) is 17.1. The van der Waals surface area contributed by atoms with Crippen LogP contribution in [0.5, 0.6) is 0 Å². The predicted molar refractivity (Wildman–Crippen MR) is 133 cm³/mol. The Morgan fingerprint density at radius 2 is 1.50 bits per heavy atom. The molecule has 1 aromatic carbocycles.